The van der Waals surface area contributed by atoms with Gasteiger partial charge in [-0.25, -0.2) is 4.98 Å². The van der Waals surface area contributed by atoms with Gasteiger partial charge in [-0.15, -0.1) is 0 Å². The number of amides is 3. The van der Waals surface area contributed by atoms with Crippen LogP contribution < -0.4 is 21.7 Å². The molecular formula is C33H37Cl2N7O3S. The SMILES string of the molecule is CN1C(=O)[C@H](CCCCN)NC(=O)CNCc2cccnc2Sc2c(Cl)cc(Cl)cc2CNC(=O)[C@@H]1Cc1c[nH]c2ccccc12. The minimum Gasteiger partial charge on any atom is -0.361 e. The van der Waals surface area contributed by atoms with Gasteiger partial charge in [0.05, 0.1) is 11.6 Å². The number of likely N-dealkylation sites (N-methyl/N-ethyl adjacent to an activating group) is 1. The third kappa shape index (κ3) is 8.21. The van der Waals surface area contributed by atoms with E-state index in [4.69, 9.17) is 28.9 Å². The van der Waals surface area contributed by atoms with Crippen LogP contribution in [0.4, 0.5) is 0 Å². The van der Waals surface area contributed by atoms with E-state index in [0.717, 1.165) is 22.0 Å². The molecule has 0 aliphatic carbocycles. The standard InChI is InChI=1S/C33H37Cl2N7O3S/c1-42-28(14-21-17-39-26-9-3-2-8-24(21)26)31(44)40-18-22-13-23(34)15-25(35)30(22)46-32-20(7-6-12-38-32)16-37-19-29(43)41-27(33(42)45)10-4-5-11-36/h2-3,6-9,12-13,15,17,27-28,37,39H,4-5,10-11,14,16,18-19,36H2,1H3,(H,40,44)(H,41,43)/t27-,28-/m0/s1. The van der Waals surface area contributed by atoms with E-state index in [2.05, 4.69) is 25.9 Å². The average molecular weight is 683 g/mol. The molecule has 0 unspecified atom stereocenters. The summed E-state index contributed by atoms with van der Waals surface area (Å²) in [5.74, 6) is -1.04. The number of carbonyl (C=O) groups excluding carboxylic acids is 3. The molecule has 0 radical (unpaired) electrons. The second-order valence-corrected chi connectivity index (χ2v) is 13.0. The highest BCUT2D eigenvalue weighted by Crippen LogP contribution is 2.38. The number of hydrogen-bond acceptors (Lipinski definition) is 7. The first-order valence-corrected chi connectivity index (χ1v) is 16.7. The number of para-hydroxylation sites is 1. The van der Waals surface area contributed by atoms with Crippen LogP contribution in [0.25, 0.3) is 10.9 Å². The van der Waals surface area contributed by atoms with E-state index in [1.807, 2.05) is 42.6 Å². The molecule has 1 aliphatic heterocycles. The van der Waals surface area contributed by atoms with Crippen LogP contribution in [0.2, 0.25) is 10.0 Å². The van der Waals surface area contributed by atoms with Gasteiger partial charge < -0.3 is 31.6 Å². The number of unbranched alkanes of at least 4 members (excludes halogenated alkanes) is 1. The fourth-order valence-electron chi connectivity index (χ4n) is 5.53. The van der Waals surface area contributed by atoms with Crippen molar-refractivity contribution >= 4 is 63.6 Å². The third-order valence-corrected chi connectivity index (χ3v) is 9.85. The summed E-state index contributed by atoms with van der Waals surface area (Å²) in [6, 6.07) is 13.3. The molecule has 46 heavy (non-hydrogen) atoms. The topological polar surface area (TPSA) is 145 Å². The number of carbonyl (C=O) groups is 3. The number of nitrogens with one attached hydrogen (secondary N) is 4. The van der Waals surface area contributed by atoms with Crippen LogP contribution in [0.5, 0.6) is 0 Å². The van der Waals surface area contributed by atoms with E-state index < -0.39 is 12.1 Å². The van der Waals surface area contributed by atoms with Gasteiger partial charge in [0.1, 0.15) is 17.1 Å². The zero-order chi connectivity index (χ0) is 32.6. The lowest BCUT2D eigenvalue weighted by atomic mass is 10.0. The van der Waals surface area contributed by atoms with Crippen molar-refractivity contribution in [2.45, 2.75) is 60.8 Å². The molecule has 6 N–H and O–H groups in total. The number of halogens is 2. The summed E-state index contributed by atoms with van der Waals surface area (Å²) < 4.78 is 0. The minimum absolute atomic E-state index is 0.0183. The highest BCUT2D eigenvalue weighted by molar-refractivity contribution is 7.99. The Labute approximate surface area is 282 Å². The maximum Gasteiger partial charge on any atom is 0.245 e. The van der Waals surface area contributed by atoms with Crippen molar-refractivity contribution in [3.05, 3.63) is 87.7 Å². The van der Waals surface area contributed by atoms with Crippen molar-refractivity contribution in [3.63, 3.8) is 0 Å². The van der Waals surface area contributed by atoms with Crippen LogP contribution in [-0.2, 0) is 33.9 Å². The van der Waals surface area contributed by atoms with E-state index in [1.54, 1.807) is 25.4 Å². The van der Waals surface area contributed by atoms with Gasteiger partial charge in [-0.1, -0.05) is 59.2 Å². The van der Waals surface area contributed by atoms with Gasteiger partial charge in [0, 0.05) is 59.8 Å². The molecule has 13 heteroatoms. The molecule has 242 valence electrons. The number of rotatable bonds is 6. The summed E-state index contributed by atoms with van der Waals surface area (Å²) in [6.45, 7) is 0.929. The molecule has 3 amide bonds. The lowest BCUT2D eigenvalue weighted by Gasteiger charge is -2.31. The Hall–Kier alpha value is -3.61. The van der Waals surface area contributed by atoms with Crippen LogP contribution in [-0.4, -0.2) is 64.8 Å². The summed E-state index contributed by atoms with van der Waals surface area (Å²) >= 11 is 14.5. The molecule has 0 saturated carbocycles. The number of nitrogens with zero attached hydrogens (tertiary/aromatic N) is 2. The fraction of sp³-hybridized carbons (Fsp3) is 0.333. The molecule has 5 rings (SSSR count). The first-order chi connectivity index (χ1) is 22.2. The van der Waals surface area contributed by atoms with Gasteiger partial charge >= 0.3 is 0 Å². The Bertz CT molecular complexity index is 1720. The number of hydrogen-bond donors (Lipinski definition) is 5. The van der Waals surface area contributed by atoms with Crippen LogP contribution in [0.3, 0.4) is 0 Å². The number of fused-ring (bicyclic) bond motifs is 3. The van der Waals surface area contributed by atoms with E-state index in [-0.39, 0.29) is 37.2 Å². The zero-order valence-corrected chi connectivity index (χ0v) is 27.8. The van der Waals surface area contributed by atoms with Gasteiger partial charge in [-0.2, -0.15) is 0 Å². The molecule has 2 aromatic heterocycles. The number of aromatic nitrogens is 2. The van der Waals surface area contributed by atoms with Crippen molar-refractivity contribution < 1.29 is 14.4 Å². The molecule has 0 saturated heterocycles. The van der Waals surface area contributed by atoms with Crippen molar-refractivity contribution in [2.75, 3.05) is 20.1 Å². The lowest BCUT2D eigenvalue weighted by molar-refractivity contribution is -0.142. The largest absolute Gasteiger partial charge is 0.361 e. The quantitative estimate of drug-likeness (QED) is 0.189. The average Bonchev–Trinajstić information content (AvgIpc) is 3.45. The van der Waals surface area contributed by atoms with Gasteiger partial charge in [0.2, 0.25) is 17.7 Å². The Kier molecular flexibility index (Phi) is 11.6. The molecule has 0 spiro atoms. The summed E-state index contributed by atoms with van der Waals surface area (Å²) in [7, 11) is 1.61. The smallest absolute Gasteiger partial charge is 0.245 e. The van der Waals surface area contributed by atoms with Gasteiger partial charge in [-0.3, -0.25) is 14.4 Å². The summed E-state index contributed by atoms with van der Waals surface area (Å²) in [5, 5.41) is 11.6. The number of nitrogens with two attached hydrogens (primary N) is 1. The maximum absolute atomic E-state index is 14.1. The second-order valence-electron chi connectivity index (χ2n) is 11.2. The predicted octanol–water partition coefficient (Wildman–Crippen LogP) is 4.42. The number of aromatic amines is 1. The summed E-state index contributed by atoms with van der Waals surface area (Å²) in [6.07, 6.45) is 5.53. The van der Waals surface area contributed by atoms with Gasteiger partial charge in [0.25, 0.3) is 0 Å². The fourth-order valence-corrected chi connectivity index (χ4v) is 7.17. The van der Waals surface area contributed by atoms with Crippen LogP contribution in [0, 0.1) is 0 Å². The first-order valence-electron chi connectivity index (χ1n) is 15.1. The Morgan fingerprint density at radius 1 is 1.02 bits per heavy atom. The predicted molar refractivity (Wildman–Crippen MR) is 182 cm³/mol. The monoisotopic (exact) mass is 681 g/mol. The number of pyridine rings is 1. The Balaban J connectivity index is 1.53. The summed E-state index contributed by atoms with van der Waals surface area (Å²) in [4.78, 5) is 51.2. The molecule has 2 aromatic carbocycles. The molecule has 10 nitrogen and oxygen atoms in total. The first kappa shape index (κ1) is 33.7. The minimum atomic E-state index is -0.887. The second kappa shape index (κ2) is 15.8. The van der Waals surface area contributed by atoms with Crippen LogP contribution in [0.15, 0.2) is 70.8 Å². The summed E-state index contributed by atoms with van der Waals surface area (Å²) in [5.41, 5.74) is 9.11. The molecule has 1 aliphatic rings. The molecule has 2 atom stereocenters. The van der Waals surface area contributed by atoms with E-state index >= 15 is 0 Å². The molecular weight excluding hydrogens is 645 g/mol. The van der Waals surface area contributed by atoms with Gasteiger partial charge in [0.15, 0.2) is 0 Å². The van der Waals surface area contributed by atoms with Crippen molar-refractivity contribution in [3.8, 4) is 0 Å². The maximum atomic E-state index is 14.1. The Morgan fingerprint density at radius 3 is 2.67 bits per heavy atom. The highest BCUT2D eigenvalue weighted by atomic mass is 35.5. The molecule has 0 fully saturated rings. The van der Waals surface area contributed by atoms with Crippen molar-refractivity contribution in [1.82, 2.24) is 30.8 Å². The molecule has 3 heterocycles. The third-order valence-electron chi connectivity index (χ3n) is 7.97. The number of benzene rings is 2. The van der Waals surface area contributed by atoms with E-state index in [1.165, 1.54) is 16.7 Å². The molecule has 4 aromatic rings. The number of H-pyrrole nitrogens is 1. The molecule has 0 bridgehead atoms. The van der Waals surface area contributed by atoms with Crippen molar-refractivity contribution in [1.29, 1.82) is 0 Å². The van der Waals surface area contributed by atoms with Crippen LogP contribution in [0.1, 0.15) is 36.0 Å². The van der Waals surface area contributed by atoms with E-state index in [0.29, 0.717) is 57.9 Å². The van der Waals surface area contributed by atoms with Crippen LogP contribution >= 0.6 is 35.0 Å². The van der Waals surface area contributed by atoms with Gasteiger partial charge in [-0.05, 0) is 66.8 Å². The highest BCUT2D eigenvalue weighted by Gasteiger charge is 2.33. The Morgan fingerprint density at radius 2 is 1.85 bits per heavy atom. The van der Waals surface area contributed by atoms with Crippen molar-refractivity contribution in [2.24, 2.45) is 5.73 Å². The normalized spacial score (nSPS) is 18.4. The zero-order valence-electron chi connectivity index (χ0n) is 25.4. The van der Waals surface area contributed by atoms with E-state index in [9.17, 15) is 14.4 Å². The lowest BCUT2D eigenvalue weighted by Crippen LogP contribution is -2.55.